The Morgan fingerprint density at radius 2 is 1.75 bits per heavy atom. The average molecular weight is 223 g/mol. The average Bonchev–Trinajstić information content (AvgIpc) is 2.03. The van der Waals surface area contributed by atoms with E-state index in [1.54, 1.807) is 0 Å². The zero-order chi connectivity index (χ0) is 8.97. The molecule has 0 amide bonds. The first kappa shape index (κ1) is 9.35. The predicted octanol–water partition coefficient (Wildman–Crippen LogP) is 3.46. The molecule has 0 aliphatic rings. The Morgan fingerprint density at radius 3 is 2.25 bits per heavy atom. The molecule has 0 spiro atoms. The SMILES string of the molecule is CC(C)C#Cc1ccc(Br)cc1. The molecule has 1 heteroatoms. The first-order chi connectivity index (χ1) is 5.68. The van der Waals surface area contributed by atoms with Crippen LogP contribution in [0.3, 0.4) is 0 Å². The maximum absolute atomic E-state index is 3.38. The standard InChI is InChI=1S/C11H11Br/c1-9(2)3-4-10-5-7-11(12)8-6-10/h5-9H,1-2H3. The van der Waals surface area contributed by atoms with Crippen LogP contribution in [0.4, 0.5) is 0 Å². The van der Waals surface area contributed by atoms with E-state index in [-0.39, 0.29) is 0 Å². The van der Waals surface area contributed by atoms with Gasteiger partial charge in [-0.2, -0.15) is 0 Å². The number of hydrogen-bond acceptors (Lipinski definition) is 0. The molecular formula is C11H11Br. The summed E-state index contributed by atoms with van der Waals surface area (Å²) < 4.78 is 1.09. The summed E-state index contributed by atoms with van der Waals surface area (Å²) in [4.78, 5) is 0. The molecule has 62 valence electrons. The van der Waals surface area contributed by atoms with Gasteiger partial charge < -0.3 is 0 Å². The Bertz CT molecular complexity index is 298. The van der Waals surface area contributed by atoms with Crippen molar-refractivity contribution in [3.8, 4) is 11.8 Å². The highest BCUT2D eigenvalue weighted by molar-refractivity contribution is 9.10. The molecule has 0 saturated carbocycles. The summed E-state index contributed by atoms with van der Waals surface area (Å²) in [6.45, 7) is 4.18. The Labute approximate surface area is 82.1 Å². The molecule has 0 aromatic heterocycles. The van der Waals surface area contributed by atoms with Crippen LogP contribution in [0.2, 0.25) is 0 Å². The van der Waals surface area contributed by atoms with E-state index in [9.17, 15) is 0 Å². The van der Waals surface area contributed by atoms with Gasteiger partial charge in [0.25, 0.3) is 0 Å². The third kappa shape index (κ3) is 3.11. The molecule has 0 heterocycles. The minimum Gasteiger partial charge on any atom is -0.0951 e. The highest BCUT2D eigenvalue weighted by Gasteiger charge is 1.87. The molecule has 0 bridgehead atoms. The van der Waals surface area contributed by atoms with Gasteiger partial charge in [-0.3, -0.25) is 0 Å². The molecule has 0 N–H and O–H groups in total. The summed E-state index contributed by atoms with van der Waals surface area (Å²) in [6.07, 6.45) is 0. The molecular weight excluding hydrogens is 212 g/mol. The van der Waals surface area contributed by atoms with Gasteiger partial charge in [-0.1, -0.05) is 41.6 Å². The van der Waals surface area contributed by atoms with Gasteiger partial charge in [-0.15, -0.1) is 0 Å². The second-order valence-electron chi connectivity index (χ2n) is 2.93. The summed E-state index contributed by atoms with van der Waals surface area (Å²) in [6, 6.07) is 8.04. The molecule has 0 fully saturated rings. The Morgan fingerprint density at radius 1 is 1.17 bits per heavy atom. The lowest BCUT2D eigenvalue weighted by Gasteiger charge is -1.91. The predicted molar refractivity (Wildman–Crippen MR) is 55.9 cm³/mol. The summed E-state index contributed by atoms with van der Waals surface area (Å²) in [5, 5.41) is 0. The molecule has 0 nitrogen and oxygen atoms in total. The van der Waals surface area contributed by atoms with Crippen molar-refractivity contribution in [1.82, 2.24) is 0 Å². The van der Waals surface area contributed by atoms with Crippen LogP contribution in [0.15, 0.2) is 28.7 Å². The highest BCUT2D eigenvalue weighted by atomic mass is 79.9. The summed E-state index contributed by atoms with van der Waals surface area (Å²) in [7, 11) is 0. The maximum Gasteiger partial charge on any atom is 0.0246 e. The van der Waals surface area contributed by atoms with E-state index in [1.807, 2.05) is 24.3 Å². The summed E-state index contributed by atoms with van der Waals surface area (Å²) in [5.41, 5.74) is 1.08. The largest absolute Gasteiger partial charge is 0.0951 e. The van der Waals surface area contributed by atoms with Gasteiger partial charge in [0.1, 0.15) is 0 Å². The molecule has 0 aliphatic carbocycles. The third-order valence-electron chi connectivity index (χ3n) is 1.35. The third-order valence-corrected chi connectivity index (χ3v) is 1.88. The molecule has 0 aliphatic heterocycles. The maximum atomic E-state index is 3.38. The van der Waals surface area contributed by atoms with Crippen molar-refractivity contribution in [1.29, 1.82) is 0 Å². The van der Waals surface area contributed by atoms with Crippen molar-refractivity contribution in [2.24, 2.45) is 5.92 Å². The van der Waals surface area contributed by atoms with Crippen molar-refractivity contribution < 1.29 is 0 Å². The topological polar surface area (TPSA) is 0 Å². The fourth-order valence-electron chi connectivity index (χ4n) is 0.761. The van der Waals surface area contributed by atoms with Crippen LogP contribution in [0.25, 0.3) is 0 Å². The van der Waals surface area contributed by atoms with E-state index in [0.717, 1.165) is 10.0 Å². The first-order valence-electron chi connectivity index (χ1n) is 3.95. The van der Waals surface area contributed by atoms with E-state index in [4.69, 9.17) is 0 Å². The molecule has 12 heavy (non-hydrogen) atoms. The highest BCUT2D eigenvalue weighted by Crippen LogP contribution is 2.09. The zero-order valence-corrected chi connectivity index (χ0v) is 8.85. The van der Waals surface area contributed by atoms with Crippen LogP contribution < -0.4 is 0 Å². The number of benzene rings is 1. The molecule has 0 atom stereocenters. The van der Waals surface area contributed by atoms with Crippen molar-refractivity contribution in [3.63, 3.8) is 0 Å². The Kier molecular flexibility index (Phi) is 3.37. The van der Waals surface area contributed by atoms with Crippen LogP contribution in [0.5, 0.6) is 0 Å². The summed E-state index contributed by atoms with van der Waals surface area (Å²) in [5.74, 6) is 6.65. The lowest BCUT2D eigenvalue weighted by molar-refractivity contribution is 0.866. The molecule has 0 unspecified atom stereocenters. The fourth-order valence-corrected chi connectivity index (χ4v) is 1.03. The minimum atomic E-state index is 0.439. The molecule has 1 rings (SSSR count). The summed E-state index contributed by atoms with van der Waals surface area (Å²) >= 11 is 3.38. The van der Waals surface area contributed by atoms with Crippen molar-refractivity contribution in [2.45, 2.75) is 13.8 Å². The van der Waals surface area contributed by atoms with Crippen LogP contribution >= 0.6 is 15.9 Å². The second-order valence-corrected chi connectivity index (χ2v) is 3.85. The van der Waals surface area contributed by atoms with E-state index in [2.05, 4.69) is 41.6 Å². The molecule has 1 aromatic rings. The molecule has 0 radical (unpaired) electrons. The number of rotatable bonds is 0. The first-order valence-corrected chi connectivity index (χ1v) is 4.75. The Hall–Kier alpha value is -0.740. The van der Waals surface area contributed by atoms with Gasteiger partial charge in [-0.25, -0.2) is 0 Å². The lowest BCUT2D eigenvalue weighted by Crippen LogP contribution is -1.79. The van der Waals surface area contributed by atoms with Crippen LogP contribution in [-0.2, 0) is 0 Å². The van der Waals surface area contributed by atoms with Crippen molar-refractivity contribution in [2.75, 3.05) is 0 Å². The fraction of sp³-hybridized carbons (Fsp3) is 0.273. The molecule has 1 aromatic carbocycles. The number of halogens is 1. The van der Waals surface area contributed by atoms with Gasteiger partial charge in [0.2, 0.25) is 0 Å². The molecule has 0 saturated heterocycles. The quantitative estimate of drug-likeness (QED) is 0.591. The Balaban J connectivity index is 2.79. The minimum absolute atomic E-state index is 0.439. The van der Waals surface area contributed by atoms with E-state index >= 15 is 0 Å². The van der Waals surface area contributed by atoms with E-state index in [1.165, 1.54) is 0 Å². The van der Waals surface area contributed by atoms with Crippen LogP contribution in [0, 0.1) is 17.8 Å². The van der Waals surface area contributed by atoms with Crippen LogP contribution in [-0.4, -0.2) is 0 Å². The number of hydrogen-bond donors (Lipinski definition) is 0. The van der Waals surface area contributed by atoms with E-state index < -0.39 is 0 Å². The zero-order valence-electron chi connectivity index (χ0n) is 7.26. The van der Waals surface area contributed by atoms with Crippen molar-refractivity contribution in [3.05, 3.63) is 34.3 Å². The second kappa shape index (κ2) is 4.33. The smallest absolute Gasteiger partial charge is 0.0246 e. The van der Waals surface area contributed by atoms with Gasteiger partial charge in [-0.05, 0) is 24.3 Å². The van der Waals surface area contributed by atoms with Gasteiger partial charge >= 0.3 is 0 Å². The van der Waals surface area contributed by atoms with E-state index in [0.29, 0.717) is 5.92 Å². The van der Waals surface area contributed by atoms with Crippen LogP contribution in [0.1, 0.15) is 19.4 Å². The normalized spacial score (nSPS) is 9.33. The lowest BCUT2D eigenvalue weighted by atomic mass is 10.2. The van der Waals surface area contributed by atoms with Gasteiger partial charge in [0.15, 0.2) is 0 Å². The monoisotopic (exact) mass is 222 g/mol. The van der Waals surface area contributed by atoms with Gasteiger partial charge in [0, 0.05) is 16.0 Å². The van der Waals surface area contributed by atoms with Gasteiger partial charge in [0.05, 0.1) is 0 Å². The van der Waals surface area contributed by atoms with Crippen molar-refractivity contribution >= 4 is 15.9 Å².